The highest BCUT2D eigenvalue weighted by Gasteiger charge is 2.13. The Kier molecular flexibility index (Phi) is 4.72. The van der Waals surface area contributed by atoms with Gasteiger partial charge in [0.1, 0.15) is 0 Å². The molecule has 0 fully saturated rings. The summed E-state index contributed by atoms with van der Waals surface area (Å²) in [7, 11) is 0. The summed E-state index contributed by atoms with van der Waals surface area (Å²) in [5.41, 5.74) is 3.48. The molecule has 0 atom stereocenters. The van der Waals surface area contributed by atoms with E-state index in [0.29, 0.717) is 0 Å². The Hall–Kier alpha value is -2.62. The number of amides is 1. The second-order valence-electron chi connectivity index (χ2n) is 4.08. The van der Waals surface area contributed by atoms with Gasteiger partial charge >= 0.3 is 5.95 Å². The van der Waals surface area contributed by atoms with Gasteiger partial charge in [0.2, 0.25) is 12.2 Å². The number of thiophene rings is 1. The van der Waals surface area contributed by atoms with Crippen LogP contribution < -0.4 is 5.43 Å². The Balaban J connectivity index is 1.78. The van der Waals surface area contributed by atoms with Crippen molar-refractivity contribution in [2.45, 2.75) is 19.9 Å². The van der Waals surface area contributed by atoms with E-state index in [1.165, 1.54) is 22.3 Å². The number of aryl methyl sites for hydroxylation is 2. The number of hydrogen-bond donors (Lipinski definition) is 1. The summed E-state index contributed by atoms with van der Waals surface area (Å²) in [6, 6.07) is 1.96. The van der Waals surface area contributed by atoms with Gasteiger partial charge in [-0.25, -0.2) is 5.43 Å². The highest BCUT2D eigenvalue weighted by molar-refractivity contribution is 7.11. The molecule has 2 aromatic rings. The minimum absolute atomic E-state index is 0.0985. The zero-order valence-electron chi connectivity index (χ0n) is 11.1. The molecular weight excluding hydrogens is 296 g/mol. The molecule has 0 radical (unpaired) electrons. The highest BCUT2D eigenvalue weighted by atomic mass is 32.1. The maximum absolute atomic E-state index is 11.6. The van der Waals surface area contributed by atoms with E-state index >= 15 is 0 Å². The number of hydrogen-bond acceptors (Lipinski definition) is 7. The zero-order chi connectivity index (χ0) is 15.2. The van der Waals surface area contributed by atoms with Gasteiger partial charge in [0.15, 0.2) is 0 Å². The Morgan fingerprint density at radius 2 is 2.48 bits per heavy atom. The topological polar surface area (TPSA) is 115 Å². The van der Waals surface area contributed by atoms with E-state index in [-0.39, 0.29) is 18.9 Å². The SMILES string of the molecule is Cc1ccsc1C=NNC(=O)CCn1cnc([N+](=O)[O-])n1. The molecule has 0 saturated carbocycles. The molecule has 0 spiro atoms. The Labute approximate surface area is 123 Å². The molecule has 0 aliphatic carbocycles. The van der Waals surface area contributed by atoms with Crippen molar-refractivity contribution in [2.75, 3.05) is 0 Å². The first-order valence-corrected chi connectivity index (χ1v) is 6.84. The van der Waals surface area contributed by atoms with Gasteiger partial charge in [-0.2, -0.15) is 9.78 Å². The van der Waals surface area contributed by atoms with Crippen LogP contribution in [-0.4, -0.2) is 31.8 Å². The van der Waals surface area contributed by atoms with Crippen LogP contribution in [0.4, 0.5) is 5.95 Å². The van der Waals surface area contributed by atoms with Crippen molar-refractivity contribution in [3.05, 3.63) is 38.3 Å². The predicted molar refractivity (Wildman–Crippen MR) is 76.1 cm³/mol. The maximum atomic E-state index is 11.6. The van der Waals surface area contributed by atoms with Gasteiger partial charge in [0.05, 0.1) is 12.8 Å². The highest BCUT2D eigenvalue weighted by Crippen LogP contribution is 2.12. The van der Waals surface area contributed by atoms with Crippen LogP contribution in [0, 0.1) is 17.0 Å². The lowest BCUT2D eigenvalue weighted by Gasteiger charge is -1.97. The normalized spacial score (nSPS) is 10.9. The molecule has 1 N–H and O–H groups in total. The Bertz CT molecular complexity index is 677. The van der Waals surface area contributed by atoms with Crippen molar-refractivity contribution < 1.29 is 9.72 Å². The third kappa shape index (κ3) is 4.18. The maximum Gasteiger partial charge on any atom is 0.490 e. The van der Waals surface area contributed by atoms with Gasteiger partial charge in [0, 0.05) is 16.4 Å². The lowest BCUT2D eigenvalue weighted by atomic mass is 10.3. The molecule has 0 aliphatic heterocycles. The Morgan fingerprint density at radius 3 is 3.10 bits per heavy atom. The van der Waals surface area contributed by atoms with E-state index in [4.69, 9.17) is 0 Å². The van der Waals surface area contributed by atoms with Gasteiger partial charge in [-0.3, -0.25) is 4.79 Å². The van der Waals surface area contributed by atoms with Gasteiger partial charge in [-0.05, 0) is 28.9 Å². The van der Waals surface area contributed by atoms with Gasteiger partial charge in [-0.15, -0.1) is 11.3 Å². The molecule has 2 rings (SSSR count). The average molecular weight is 308 g/mol. The molecule has 9 nitrogen and oxygen atoms in total. The average Bonchev–Trinajstić information content (AvgIpc) is 3.06. The predicted octanol–water partition coefficient (Wildman–Crippen LogP) is 1.10. The van der Waals surface area contributed by atoms with Crippen molar-refractivity contribution in [1.82, 2.24) is 20.2 Å². The van der Waals surface area contributed by atoms with Crippen LogP contribution in [0.2, 0.25) is 0 Å². The van der Waals surface area contributed by atoms with E-state index in [1.54, 1.807) is 6.21 Å². The van der Waals surface area contributed by atoms with Gasteiger partial charge < -0.3 is 10.1 Å². The number of rotatable bonds is 6. The first-order valence-electron chi connectivity index (χ1n) is 5.96. The van der Waals surface area contributed by atoms with E-state index < -0.39 is 10.9 Å². The standard InChI is InChI=1S/C11H12N6O3S/c1-8-3-5-21-9(8)6-13-14-10(18)2-4-16-7-12-11(15-16)17(19)20/h3,5-7H,2,4H2,1H3,(H,14,18). The molecular formula is C11H12N6O3S. The molecule has 1 amide bonds. The number of aromatic nitrogens is 3. The van der Waals surface area contributed by atoms with Crippen molar-refractivity contribution in [2.24, 2.45) is 5.10 Å². The largest absolute Gasteiger partial charge is 0.490 e. The summed E-state index contributed by atoms with van der Waals surface area (Å²) in [5, 5.41) is 19.8. The van der Waals surface area contributed by atoms with Crippen LogP contribution in [0.3, 0.4) is 0 Å². The second-order valence-corrected chi connectivity index (χ2v) is 5.02. The summed E-state index contributed by atoms with van der Waals surface area (Å²) in [5.74, 6) is -0.791. The van der Waals surface area contributed by atoms with Crippen molar-refractivity contribution in [1.29, 1.82) is 0 Å². The summed E-state index contributed by atoms with van der Waals surface area (Å²) >= 11 is 1.53. The van der Waals surface area contributed by atoms with E-state index in [2.05, 4.69) is 20.6 Å². The second kappa shape index (κ2) is 6.70. The van der Waals surface area contributed by atoms with Crippen molar-refractivity contribution >= 4 is 29.4 Å². The first kappa shape index (κ1) is 14.8. The smallest absolute Gasteiger partial charge is 0.390 e. The third-order valence-electron chi connectivity index (χ3n) is 2.53. The number of hydrazone groups is 1. The lowest BCUT2D eigenvalue weighted by Crippen LogP contribution is -2.19. The van der Waals surface area contributed by atoms with Gasteiger partial charge in [0.25, 0.3) is 0 Å². The fourth-order valence-corrected chi connectivity index (χ4v) is 2.21. The lowest BCUT2D eigenvalue weighted by molar-refractivity contribution is -0.394. The number of carbonyl (C=O) groups is 1. The van der Waals surface area contributed by atoms with Crippen LogP contribution >= 0.6 is 11.3 Å². The molecule has 0 saturated heterocycles. The molecule has 2 aromatic heterocycles. The minimum Gasteiger partial charge on any atom is -0.390 e. The van der Waals surface area contributed by atoms with Crippen LogP contribution in [0.15, 0.2) is 22.9 Å². The fourth-order valence-electron chi connectivity index (χ4n) is 1.43. The molecule has 0 unspecified atom stereocenters. The van der Waals surface area contributed by atoms with Crippen molar-refractivity contribution in [3.63, 3.8) is 0 Å². The monoisotopic (exact) mass is 308 g/mol. The van der Waals surface area contributed by atoms with Crippen LogP contribution in [-0.2, 0) is 11.3 Å². The van der Waals surface area contributed by atoms with E-state index in [9.17, 15) is 14.9 Å². The Morgan fingerprint density at radius 1 is 1.67 bits per heavy atom. The molecule has 0 aliphatic rings. The zero-order valence-corrected chi connectivity index (χ0v) is 11.9. The van der Waals surface area contributed by atoms with Crippen LogP contribution in [0.5, 0.6) is 0 Å². The molecule has 110 valence electrons. The minimum atomic E-state index is -0.690. The number of carbonyl (C=O) groups excluding carboxylic acids is 1. The first-order chi connectivity index (χ1) is 10.1. The molecule has 0 aromatic carbocycles. The fraction of sp³-hybridized carbons (Fsp3) is 0.273. The molecule has 10 heteroatoms. The van der Waals surface area contributed by atoms with Crippen molar-refractivity contribution in [3.8, 4) is 0 Å². The van der Waals surface area contributed by atoms with Crippen LogP contribution in [0.1, 0.15) is 16.9 Å². The summed E-state index contributed by atoms with van der Waals surface area (Å²) in [6.07, 6.45) is 2.89. The summed E-state index contributed by atoms with van der Waals surface area (Å²) in [4.78, 5) is 25.7. The molecule has 21 heavy (non-hydrogen) atoms. The quantitative estimate of drug-likeness (QED) is 0.487. The third-order valence-corrected chi connectivity index (χ3v) is 3.48. The van der Waals surface area contributed by atoms with Gasteiger partial charge in [-0.1, -0.05) is 4.98 Å². The molecule has 2 heterocycles. The molecule has 0 bridgehead atoms. The van der Waals surface area contributed by atoms with E-state index in [1.807, 2.05) is 18.4 Å². The van der Waals surface area contributed by atoms with Crippen LogP contribution in [0.25, 0.3) is 0 Å². The summed E-state index contributed by atoms with van der Waals surface area (Å²) < 4.78 is 1.24. The number of nitrogens with one attached hydrogen (secondary N) is 1. The number of nitrogens with zero attached hydrogens (tertiary/aromatic N) is 5. The number of nitro groups is 1. The van der Waals surface area contributed by atoms with E-state index in [0.717, 1.165) is 10.4 Å². The summed E-state index contributed by atoms with van der Waals surface area (Å²) in [6.45, 7) is 2.15.